The van der Waals surface area contributed by atoms with Crippen molar-refractivity contribution in [3.05, 3.63) is 44.9 Å². The SMILES string of the molecule is Cc1ncsc1CNc1ccc(Cl)cc1C(N)=S. The Bertz CT molecular complexity index is 580. The van der Waals surface area contributed by atoms with Gasteiger partial charge in [-0.3, -0.25) is 0 Å². The van der Waals surface area contributed by atoms with Crippen molar-refractivity contribution >= 4 is 45.8 Å². The molecule has 0 radical (unpaired) electrons. The van der Waals surface area contributed by atoms with Gasteiger partial charge in [-0.25, -0.2) is 4.98 Å². The number of thiocarbonyl (C=S) groups is 1. The molecule has 0 aliphatic heterocycles. The Labute approximate surface area is 120 Å². The Morgan fingerprint density at radius 1 is 1.56 bits per heavy atom. The van der Waals surface area contributed by atoms with Gasteiger partial charge >= 0.3 is 0 Å². The Balaban J connectivity index is 2.19. The molecular formula is C12H12ClN3S2. The predicted octanol–water partition coefficient (Wildman–Crippen LogP) is 3.35. The number of rotatable bonds is 4. The number of aromatic nitrogens is 1. The Morgan fingerprint density at radius 3 is 2.94 bits per heavy atom. The molecule has 1 heterocycles. The van der Waals surface area contributed by atoms with E-state index in [1.165, 1.54) is 4.88 Å². The fourth-order valence-corrected chi connectivity index (χ4v) is 2.60. The number of halogens is 1. The summed E-state index contributed by atoms with van der Waals surface area (Å²) in [5.74, 6) is 0. The fraction of sp³-hybridized carbons (Fsp3) is 0.167. The maximum atomic E-state index is 5.93. The monoisotopic (exact) mass is 297 g/mol. The van der Waals surface area contributed by atoms with Crippen molar-refractivity contribution in [1.29, 1.82) is 0 Å². The summed E-state index contributed by atoms with van der Waals surface area (Å²) in [6.45, 7) is 2.69. The summed E-state index contributed by atoms with van der Waals surface area (Å²) in [6, 6.07) is 5.46. The van der Waals surface area contributed by atoms with Gasteiger partial charge in [0.1, 0.15) is 4.99 Å². The molecule has 0 saturated heterocycles. The second kappa shape index (κ2) is 5.65. The summed E-state index contributed by atoms with van der Waals surface area (Å²) in [5.41, 5.74) is 10.2. The van der Waals surface area contributed by atoms with E-state index in [0.717, 1.165) is 16.9 Å². The molecule has 0 amide bonds. The maximum Gasteiger partial charge on any atom is 0.106 e. The van der Waals surface area contributed by atoms with Crippen molar-refractivity contribution in [3.8, 4) is 0 Å². The van der Waals surface area contributed by atoms with Gasteiger partial charge in [-0.2, -0.15) is 0 Å². The van der Waals surface area contributed by atoms with E-state index in [9.17, 15) is 0 Å². The molecule has 18 heavy (non-hydrogen) atoms. The molecule has 3 nitrogen and oxygen atoms in total. The van der Waals surface area contributed by atoms with Crippen LogP contribution in [-0.2, 0) is 6.54 Å². The van der Waals surface area contributed by atoms with Crippen LogP contribution in [-0.4, -0.2) is 9.97 Å². The number of benzene rings is 1. The maximum absolute atomic E-state index is 5.93. The third-order valence-electron chi connectivity index (χ3n) is 2.53. The third kappa shape index (κ3) is 2.98. The molecule has 0 aliphatic carbocycles. The van der Waals surface area contributed by atoms with Crippen LogP contribution in [0.25, 0.3) is 0 Å². The second-order valence-corrected chi connectivity index (χ2v) is 5.58. The molecule has 3 N–H and O–H groups in total. The summed E-state index contributed by atoms with van der Waals surface area (Å²) in [6.07, 6.45) is 0. The number of hydrogen-bond donors (Lipinski definition) is 2. The molecule has 94 valence electrons. The molecule has 0 fully saturated rings. The number of nitrogens with zero attached hydrogens (tertiary/aromatic N) is 1. The lowest BCUT2D eigenvalue weighted by molar-refractivity contribution is 1.12. The summed E-state index contributed by atoms with van der Waals surface area (Å²) >= 11 is 12.6. The zero-order chi connectivity index (χ0) is 13.1. The van der Waals surface area contributed by atoms with Crippen LogP contribution in [0.2, 0.25) is 5.02 Å². The van der Waals surface area contributed by atoms with Crippen molar-refractivity contribution < 1.29 is 0 Å². The summed E-state index contributed by atoms with van der Waals surface area (Å²) in [4.78, 5) is 5.74. The highest BCUT2D eigenvalue weighted by Crippen LogP contribution is 2.22. The molecule has 1 aromatic heterocycles. The lowest BCUT2D eigenvalue weighted by Crippen LogP contribution is -2.13. The minimum Gasteiger partial charge on any atom is -0.389 e. The molecular weight excluding hydrogens is 286 g/mol. The van der Waals surface area contributed by atoms with Crippen LogP contribution in [0.4, 0.5) is 5.69 Å². The van der Waals surface area contributed by atoms with E-state index >= 15 is 0 Å². The number of nitrogens with two attached hydrogens (primary N) is 1. The first-order chi connectivity index (χ1) is 8.58. The lowest BCUT2D eigenvalue weighted by Gasteiger charge is -2.11. The molecule has 2 aromatic rings. The molecule has 0 aliphatic rings. The predicted molar refractivity (Wildman–Crippen MR) is 81.5 cm³/mol. The van der Waals surface area contributed by atoms with E-state index < -0.39 is 0 Å². The van der Waals surface area contributed by atoms with Crippen LogP contribution < -0.4 is 11.1 Å². The van der Waals surface area contributed by atoms with Crippen LogP contribution in [0.15, 0.2) is 23.7 Å². The van der Waals surface area contributed by atoms with Gasteiger partial charge in [0, 0.05) is 21.2 Å². The van der Waals surface area contributed by atoms with Crippen LogP contribution in [0.3, 0.4) is 0 Å². The average molecular weight is 298 g/mol. The van der Waals surface area contributed by atoms with Gasteiger partial charge in [0.15, 0.2) is 0 Å². The molecule has 0 spiro atoms. The van der Waals surface area contributed by atoms with Gasteiger partial charge < -0.3 is 11.1 Å². The third-order valence-corrected chi connectivity index (χ3v) is 3.92. The second-order valence-electron chi connectivity index (χ2n) is 3.77. The Kier molecular flexibility index (Phi) is 4.16. The van der Waals surface area contributed by atoms with Gasteiger partial charge in [-0.05, 0) is 25.1 Å². The smallest absolute Gasteiger partial charge is 0.106 e. The van der Waals surface area contributed by atoms with Crippen molar-refractivity contribution in [3.63, 3.8) is 0 Å². The quantitative estimate of drug-likeness (QED) is 0.850. The molecule has 2 rings (SSSR count). The number of anilines is 1. The first-order valence-electron chi connectivity index (χ1n) is 5.30. The van der Waals surface area contributed by atoms with E-state index in [0.29, 0.717) is 16.6 Å². The summed E-state index contributed by atoms with van der Waals surface area (Å²) in [5, 5.41) is 3.93. The largest absolute Gasteiger partial charge is 0.389 e. The topological polar surface area (TPSA) is 50.9 Å². The molecule has 6 heteroatoms. The van der Waals surface area contributed by atoms with E-state index in [4.69, 9.17) is 29.6 Å². The minimum absolute atomic E-state index is 0.334. The van der Waals surface area contributed by atoms with Gasteiger partial charge in [0.05, 0.1) is 17.7 Å². The van der Waals surface area contributed by atoms with Crippen LogP contribution in [0.1, 0.15) is 16.1 Å². The molecule has 0 unspecified atom stereocenters. The van der Waals surface area contributed by atoms with Crippen LogP contribution in [0.5, 0.6) is 0 Å². The van der Waals surface area contributed by atoms with E-state index in [-0.39, 0.29) is 0 Å². The summed E-state index contributed by atoms with van der Waals surface area (Å²) in [7, 11) is 0. The number of nitrogens with one attached hydrogen (secondary N) is 1. The van der Waals surface area contributed by atoms with E-state index in [1.54, 1.807) is 17.4 Å². The van der Waals surface area contributed by atoms with Crippen molar-refractivity contribution in [2.45, 2.75) is 13.5 Å². The van der Waals surface area contributed by atoms with Crippen molar-refractivity contribution in [2.24, 2.45) is 5.73 Å². The zero-order valence-corrected chi connectivity index (χ0v) is 12.1. The van der Waals surface area contributed by atoms with Crippen LogP contribution in [0, 0.1) is 6.92 Å². The lowest BCUT2D eigenvalue weighted by atomic mass is 10.1. The molecule has 0 atom stereocenters. The highest BCUT2D eigenvalue weighted by Gasteiger charge is 2.07. The van der Waals surface area contributed by atoms with E-state index in [2.05, 4.69) is 10.3 Å². The van der Waals surface area contributed by atoms with Crippen LogP contribution >= 0.6 is 35.2 Å². The minimum atomic E-state index is 0.334. The highest BCUT2D eigenvalue weighted by atomic mass is 35.5. The standard InChI is InChI=1S/C12H12ClN3S2/c1-7-11(18-6-16-7)5-15-10-3-2-8(13)4-9(10)12(14)17/h2-4,6,15H,5H2,1H3,(H2,14,17). The number of hydrogen-bond acceptors (Lipinski definition) is 4. The number of aryl methyl sites for hydroxylation is 1. The Morgan fingerprint density at radius 2 is 2.33 bits per heavy atom. The van der Waals surface area contributed by atoms with Gasteiger partial charge in [0.25, 0.3) is 0 Å². The normalized spacial score (nSPS) is 10.3. The van der Waals surface area contributed by atoms with E-state index in [1.807, 2.05) is 24.6 Å². The highest BCUT2D eigenvalue weighted by molar-refractivity contribution is 7.80. The molecule has 0 saturated carbocycles. The molecule has 0 bridgehead atoms. The van der Waals surface area contributed by atoms with Crippen molar-refractivity contribution in [2.75, 3.05) is 5.32 Å². The zero-order valence-electron chi connectivity index (χ0n) is 9.74. The fourth-order valence-electron chi connectivity index (χ4n) is 1.55. The van der Waals surface area contributed by atoms with Gasteiger partial charge in [-0.1, -0.05) is 23.8 Å². The average Bonchev–Trinajstić information content (AvgIpc) is 2.73. The van der Waals surface area contributed by atoms with Gasteiger partial charge in [0.2, 0.25) is 0 Å². The first-order valence-corrected chi connectivity index (χ1v) is 6.96. The van der Waals surface area contributed by atoms with Crippen molar-refractivity contribution in [1.82, 2.24) is 4.98 Å². The number of thiazole rings is 1. The Hall–Kier alpha value is -1.17. The molecule has 1 aromatic carbocycles. The summed E-state index contributed by atoms with van der Waals surface area (Å²) < 4.78 is 0. The first kappa shape index (κ1) is 13.3. The van der Waals surface area contributed by atoms with Gasteiger partial charge in [-0.15, -0.1) is 11.3 Å².